The third-order valence-electron chi connectivity index (χ3n) is 4.35. The Balaban J connectivity index is 3.61. The molecule has 1 rings (SSSR count). The maximum Gasteiger partial charge on any atom is 0.352 e. The Labute approximate surface area is 162 Å². The first-order chi connectivity index (χ1) is 12.9. The highest BCUT2D eigenvalue weighted by atomic mass is 31.2. The monoisotopic (exact) mass is 400 g/mol. The molecule has 0 aliphatic rings. The van der Waals surface area contributed by atoms with Gasteiger partial charge in [-0.3, -0.25) is 9.36 Å². The fraction of sp³-hybridized carbons (Fsp3) is 0.650. The van der Waals surface area contributed by atoms with Gasteiger partial charge < -0.3 is 18.9 Å². The average molecular weight is 400 g/mol. The molecular formula is C20H33O6P. The van der Waals surface area contributed by atoms with Gasteiger partial charge in [-0.15, -0.1) is 0 Å². The van der Waals surface area contributed by atoms with Crippen LogP contribution in [0.25, 0.3) is 0 Å². The molecule has 1 aromatic rings. The number of rotatable bonds is 13. The van der Waals surface area contributed by atoms with E-state index in [1.54, 1.807) is 51.1 Å². The van der Waals surface area contributed by atoms with Crippen molar-refractivity contribution in [3.63, 3.8) is 0 Å². The summed E-state index contributed by atoms with van der Waals surface area (Å²) in [6.45, 7) is 7.44. The summed E-state index contributed by atoms with van der Waals surface area (Å²) in [5.41, 5.74) is 0.462. The number of esters is 1. The zero-order valence-electron chi connectivity index (χ0n) is 16.8. The lowest BCUT2D eigenvalue weighted by atomic mass is 9.90. The Morgan fingerprint density at radius 3 is 2.15 bits per heavy atom. The Bertz CT molecular complexity index is 596. The lowest BCUT2D eigenvalue weighted by Crippen LogP contribution is -2.42. The van der Waals surface area contributed by atoms with E-state index >= 15 is 0 Å². The summed E-state index contributed by atoms with van der Waals surface area (Å²) in [7, 11) is -3.99. The van der Waals surface area contributed by atoms with Crippen molar-refractivity contribution in [3.05, 3.63) is 35.9 Å². The third kappa shape index (κ3) is 5.64. The summed E-state index contributed by atoms with van der Waals surface area (Å²) >= 11 is 0. The minimum absolute atomic E-state index is 0.0902. The van der Waals surface area contributed by atoms with Crippen LogP contribution in [0.3, 0.4) is 0 Å². The third-order valence-corrected chi connectivity index (χ3v) is 7.11. The molecule has 7 heteroatoms. The molecule has 6 nitrogen and oxygen atoms in total. The Morgan fingerprint density at radius 2 is 1.67 bits per heavy atom. The number of aliphatic hydroxyl groups is 1. The van der Waals surface area contributed by atoms with Crippen LogP contribution in [0.15, 0.2) is 30.3 Å². The van der Waals surface area contributed by atoms with Gasteiger partial charge in [-0.25, -0.2) is 0 Å². The number of hydrogen-bond donors (Lipinski definition) is 1. The van der Waals surface area contributed by atoms with Crippen molar-refractivity contribution in [3.8, 4) is 0 Å². The van der Waals surface area contributed by atoms with E-state index in [4.69, 9.17) is 13.8 Å². The van der Waals surface area contributed by atoms with E-state index in [9.17, 15) is 14.5 Å². The molecule has 0 heterocycles. The highest BCUT2D eigenvalue weighted by Gasteiger charge is 2.60. The van der Waals surface area contributed by atoms with Crippen LogP contribution in [0.4, 0.5) is 0 Å². The summed E-state index contributed by atoms with van der Waals surface area (Å²) in [6.07, 6.45) is 1.26. The fourth-order valence-electron chi connectivity index (χ4n) is 3.15. The van der Waals surface area contributed by atoms with Crippen molar-refractivity contribution in [2.45, 2.75) is 64.6 Å². The first-order valence-corrected chi connectivity index (χ1v) is 11.3. The second-order valence-electron chi connectivity index (χ2n) is 6.28. The van der Waals surface area contributed by atoms with Crippen LogP contribution in [0.1, 0.15) is 58.9 Å². The molecule has 0 radical (unpaired) electrons. The summed E-state index contributed by atoms with van der Waals surface area (Å²) in [6, 6.07) is 8.72. The van der Waals surface area contributed by atoms with Gasteiger partial charge in [-0.2, -0.15) is 0 Å². The van der Waals surface area contributed by atoms with Crippen LogP contribution in [0.5, 0.6) is 0 Å². The smallest absolute Gasteiger partial charge is 0.352 e. The standard InChI is InChI=1S/C20H33O6P/c1-5-9-15-18(21)16-20(19(22)24-6-2,17-13-11-10-12-14-17)27(23,25-7-3)26-8-4/h10-14,18,21H,5-9,15-16H2,1-4H3. The van der Waals surface area contributed by atoms with Gasteiger partial charge in [-0.05, 0) is 32.8 Å². The lowest BCUT2D eigenvalue weighted by molar-refractivity contribution is -0.148. The number of benzene rings is 1. The van der Waals surface area contributed by atoms with Gasteiger partial charge >= 0.3 is 13.6 Å². The second-order valence-corrected chi connectivity index (χ2v) is 8.55. The first-order valence-electron chi connectivity index (χ1n) is 9.71. The maximum atomic E-state index is 13.9. The molecule has 0 saturated heterocycles. The molecule has 0 aromatic heterocycles. The largest absolute Gasteiger partial charge is 0.465 e. The number of ether oxygens (including phenoxy) is 1. The predicted octanol–water partition coefficient (Wildman–Crippen LogP) is 4.65. The number of carbonyl (C=O) groups is 1. The number of carbonyl (C=O) groups excluding carboxylic acids is 1. The lowest BCUT2D eigenvalue weighted by Gasteiger charge is -2.38. The van der Waals surface area contributed by atoms with Gasteiger partial charge in [0, 0.05) is 6.42 Å². The van der Waals surface area contributed by atoms with Crippen LogP contribution in [0.2, 0.25) is 0 Å². The predicted molar refractivity (Wildman–Crippen MR) is 106 cm³/mol. The molecule has 0 bridgehead atoms. The van der Waals surface area contributed by atoms with E-state index in [1.165, 1.54) is 0 Å². The van der Waals surface area contributed by atoms with Crippen LogP contribution in [0, 0.1) is 0 Å². The summed E-state index contributed by atoms with van der Waals surface area (Å²) < 4.78 is 30.4. The summed E-state index contributed by atoms with van der Waals surface area (Å²) in [4.78, 5) is 13.2. The molecule has 0 spiro atoms. The number of unbranched alkanes of at least 4 members (excludes halogenated alkanes) is 1. The molecule has 154 valence electrons. The molecule has 0 amide bonds. The highest BCUT2D eigenvalue weighted by molar-refractivity contribution is 7.56. The molecule has 2 unspecified atom stereocenters. The highest BCUT2D eigenvalue weighted by Crippen LogP contribution is 2.67. The van der Waals surface area contributed by atoms with Crippen LogP contribution in [-0.2, 0) is 28.3 Å². The van der Waals surface area contributed by atoms with Gasteiger partial charge in [0.1, 0.15) is 0 Å². The molecule has 1 aromatic carbocycles. The molecule has 0 saturated carbocycles. The normalized spacial score (nSPS) is 15.1. The molecule has 27 heavy (non-hydrogen) atoms. The second kappa shape index (κ2) is 11.6. The van der Waals surface area contributed by atoms with Crippen molar-refractivity contribution in [1.29, 1.82) is 0 Å². The average Bonchev–Trinajstić information content (AvgIpc) is 2.65. The molecule has 2 atom stereocenters. The minimum atomic E-state index is -3.99. The van der Waals surface area contributed by atoms with E-state index in [-0.39, 0.29) is 26.2 Å². The van der Waals surface area contributed by atoms with Gasteiger partial charge in [0.25, 0.3) is 0 Å². The van der Waals surface area contributed by atoms with Crippen molar-refractivity contribution in [2.24, 2.45) is 0 Å². The van der Waals surface area contributed by atoms with Crippen LogP contribution < -0.4 is 0 Å². The van der Waals surface area contributed by atoms with Crippen molar-refractivity contribution < 1.29 is 28.3 Å². The topological polar surface area (TPSA) is 82.1 Å². The van der Waals surface area contributed by atoms with E-state index in [2.05, 4.69) is 0 Å². The zero-order valence-corrected chi connectivity index (χ0v) is 17.7. The van der Waals surface area contributed by atoms with Gasteiger partial charge in [0.15, 0.2) is 5.16 Å². The molecule has 0 aliphatic heterocycles. The Hall–Kier alpha value is -1.20. The number of aliphatic hydroxyl groups excluding tert-OH is 1. The SMILES string of the molecule is CCCCC(O)CC(C(=O)OCC)(c1ccccc1)P(=O)(OCC)OCC. The number of hydrogen-bond acceptors (Lipinski definition) is 6. The summed E-state index contributed by atoms with van der Waals surface area (Å²) in [5.74, 6) is -0.697. The van der Waals surface area contributed by atoms with E-state index in [1.807, 2.05) is 6.92 Å². The zero-order chi connectivity index (χ0) is 20.3. The fourth-order valence-corrected chi connectivity index (χ4v) is 5.53. The van der Waals surface area contributed by atoms with Gasteiger partial charge in [0.2, 0.25) is 0 Å². The van der Waals surface area contributed by atoms with E-state index in [0.717, 1.165) is 12.8 Å². The van der Waals surface area contributed by atoms with E-state index < -0.39 is 24.8 Å². The van der Waals surface area contributed by atoms with E-state index in [0.29, 0.717) is 12.0 Å². The Morgan fingerprint density at radius 1 is 1.07 bits per heavy atom. The van der Waals surface area contributed by atoms with Gasteiger partial charge in [0.05, 0.1) is 25.9 Å². The van der Waals surface area contributed by atoms with Crippen molar-refractivity contribution in [1.82, 2.24) is 0 Å². The van der Waals surface area contributed by atoms with Crippen molar-refractivity contribution in [2.75, 3.05) is 19.8 Å². The van der Waals surface area contributed by atoms with Crippen molar-refractivity contribution >= 4 is 13.6 Å². The Kier molecular flexibility index (Phi) is 10.2. The molecule has 0 aliphatic carbocycles. The first kappa shape index (κ1) is 23.8. The van der Waals surface area contributed by atoms with Gasteiger partial charge in [-0.1, -0.05) is 50.1 Å². The molecule has 1 N–H and O–H groups in total. The van der Waals surface area contributed by atoms with Crippen LogP contribution >= 0.6 is 7.60 Å². The maximum absolute atomic E-state index is 13.9. The minimum Gasteiger partial charge on any atom is -0.465 e. The quantitative estimate of drug-likeness (QED) is 0.383. The summed E-state index contributed by atoms with van der Waals surface area (Å²) in [5, 5.41) is 8.94. The molecule has 0 fully saturated rings. The van der Waals surface area contributed by atoms with Crippen LogP contribution in [-0.4, -0.2) is 37.0 Å². The molecular weight excluding hydrogens is 367 g/mol.